The van der Waals surface area contributed by atoms with E-state index in [4.69, 9.17) is 32.7 Å². The molecule has 0 aromatic heterocycles. The average molecular weight is 464 g/mol. The van der Waals surface area contributed by atoms with Gasteiger partial charge in [-0.05, 0) is 60.7 Å². The summed E-state index contributed by atoms with van der Waals surface area (Å²) in [5.74, 6) is 1.50. The minimum absolute atomic E-state index is 0.289. The monoisotopic (exact) mass is 463 g/mol. The summed E-state index contributed by atoms with van der Waals surface area (Å²) in [6.07, 6.45) is 0. The number of hydrogen-bond acceptors (Lipinski definition) is 3. The molecule has 0 saturated heterocycles. The summed E-state index contributed by atoms with van der Waals surface area (Å²) in [4.78, 5) is 12.8. The van der Waals surface area contributed by atoms with Crippen LogP contribution in [0.25, 0.3) is 0 Å². The Balaban J connectivity index is 1.44. The molecule has 0 bridgehead atoms. The van der Waals surface area contributed by atoms with E-state index >= 15 is 0 Å². The van der Waals surface area contributed by atoms with Gasteiger partial charge in [0.15, 0.2) is 5.75 Å². The largest absolute Gasteiger partial charge is 0.489 e. The van der Waals surface area contributed by atoms with Crippen LogP contribution in [0.3, 0.4) is 0 Å². The molecular weight excluding hydrogens is 445 g/mol. The number of nitrogens with one attached hydrogen (secondary N) is 1. The number of para-hydroxylation sites is 1. The first-order valence-electron chi connectivity index (χ1n) is 9.88. The van der Waals surface area contributed by atoms with Crippen molar-refractivity contribution in [2.75, 3.05) is 5.32 Å². The first-order chi connectivity index (χ1) is 15.6. The third-order valence-corrected chi connectivity index (χ3v) is 5.23. The topological polar surface area (TPSA) is 47.6 Å². The summed E-state index contributed by atoms with van der Waals surface area (Å²) < 4.78 is 11.7. The molecule has 0 aliphatic carbocycles. The van der Waals surface area contributed by atoms with Crippen LogP contribution in [0.5, 0.6) is 17.2 Å². The Morgan fingerprint density at radius 1 is 0.781 bits per heavy atom. The lowest BCUT2D eigenvalue weighted by Crippen LogP contribution is -2.12. The molecule has 0 fully saturated rings. The Labute approximate surface area is 196 Å². The minimum atomic E-state index is -0.289. The van der Waals surface area contributed by atoms with Crippen molar-refractivity contribution in [3.8, 4) is 17.2 Å². The SMILES string of the molecule is O=C(Nc1cc(Cl)ccc1Oc1ccccc1)c1ccc(OCc2ccccc2Cl)cc1. The number of hydrogen-bond donors (Lipinski definition) is 1. The van der Waals surface area contributed by atoms with Crippen LogP contribution in [-0.4, -0.2) is 5.91 Å². The van der Waals surface area contributed by atoms with E-state index in [1.807, 2.05) is 54.6 Å². The second-order valence-electron chi connectivity index (χ2n) is 6.91. The van der Waals surface area contributed by atoms with E-state index in [1.54, 1.807) is 42.5 Å². The van der Waals surface area contributed by atoms with Gasteiger partial charge in [0.2, 0.25) is 0 Å². The molecule has 4 nitrogen and oxygen atoms in total. The lowest BCUT2D eigenvalue weighted by Gasteiger charge is -2.13. The molecule has 4 rings (SSSR count). The molecule has 0 spiro atoms. The second-order valence-corrected chi connectivity index (χ2v) is 7.76. The van der Waals surface area contributed by atoms with Crippen LogP contribution in [-0.2, 0) is 6.61 Å². The maximum atomic E-state index is 12.8. The van der Waals surface area contributed by atoms with Crippen LogP contribution >= 0.6 is 23.2 Å². The number of benzene rings is 4. The molecule has 0 unspecified atom stereocenters. The van der Waals surface area contributed by atoms with Crippen molar-refractivity contribution in [3.05, 3.63) is 118 Å². The molecule has 4 aromatic carbocycles. The van der Waals surface area contributed by atoms with E-state index in [0.29, 0.717) is 45.2 Å². The number of amides is 1. The highest BCUT2D eigenvalue weighted by Crippen LogP contribution is 2.32. The lowest BCUT2D eigenvalue weighted by molar-refractivity contribution is 0.102. The van der Waals surface area contributed by atoms with Gasteiger partial charge in [-0.1, -0.05) is 59.6 Å². The molecule has 0 atom stereocenters. The molecule has 0 heterocycles. The van der Waals surface area contributed by atoms with Crippen molar-refractivity contribution in [1.82, 2.24) is 0 Å². The van der Waals surface area contributed by atoms with Crippen LogP contribution in [0.2, 0.25) is 10.0 Å². The predicted octanol–water partition coefficient (Wildman–Crippen LogP) is 7.62. The van der Waals surface area contributed by atoms with Crippen LogP contribution < -0.4 is 14.8 Å². The van der Waals surface area contributed by atoms with Crippen molar-refractivity contribution in [1.29, 1.82) is 0 Å². The molecule has 0 radical (unpaired) electrons. The predicted molar refractivity (Wildman–Crippen MR) is 128 cm³/mol. The van der Waals surface area contributed by atoms with E-state index in [2.05, 4.69) is 5.32 Å². The van der Waals surface area contributed by atoms with E-state index in [1.165, 1.54) is 0 Å². The summed E-state index contributed by atoms with van der Waals surface area (Å²) in [5.41, 5.74) is 1.84. The van der Waals surface area contributed by atoms with Crippen molar-refractivity contribution >= 4 is 34.8 Å². The zero-order valence-corrected chi connectivity index (χ0v) is 18.4. The fraction of sp³-hybridized carbons (Fsp3) is 0.0385. The van der Waals surface area contributed by atoms with E-state index in [-0.39, 0.29) is 5.91 Å². The zero-order valence-electron chi connectivity index (χ0n) is 16.9. The van der Waals surface area contributed by atoms with Crippen molar-refractivity contribution < 1.29 is 14.3 Å². The Hall–Kier alpha value is -3.47. The number of halogens is 2. The van der Waals surface area contributed by atoms with Crippen molar-refractivity contribution in [3.63, 3.8) is 0 Å². The van der Waals surface area contributed by atoms with E-state index in [9.17, 15) is 4.79 Å². The third kappa shape index (κ3) is 5.61. The zero-order chi connectivity index (χ0) is 22.3. The van der Waals surface area contributed by atoms with Gasteiger partial charge in [0.1, 0.15) is 18.1 Å². The highest BCUT2D eigenvalue weighted by molar-refractivity contribution is 6.31. The van der Waals surface area contributed by atoms with Crippen LogP contribution in [0.1, 0.15) is 15.9 Å². The van der Waals surface area contributed by atoms with Gasteiger partial charge in [-0.25, -0.2) is 0 Å². The Morgan fingerprint density at radius 2 is 1.50 bits per heavy atom. The third-order valence-electron chi connectivity index (χ3n) is 4.63. The van der Waals surface area contributed by atoms with Crippen LogP contribution in [0.15, 0.2) is 97.1 Å². The van der Waals surface area contributed by atoms with Crippen LogP contribution in [0.4, 0.5) is 5.69 Å². The maximum Gasteiger partial charge on any atom is 0.255 e. The summed E-state index contributed by atoms with van der Waals surface area (Å²) in [6, 6.07) is 28.8. The molecule has 1 N–H and O–H groups in total. The smallest absolute Gasteiger partial charge is 0.255 e. The molecule has 4 aromatic rings. The standard InChI is InChI=1S/C26H19Cl2NO3/c27-20-12-15-25(32-22-7-2-1-3-8-22)24(16-20)29-26(30)18-10-13-21(14-11-18)31-17-19-6-4-5-9-23(19)28/h1-16H,17H2,(H,29,30). The summed E-state index contributed by atoms with van der Waals surface area (Å²) in [7, 11) is 0. The van der Waals surface area contributed by atoms with Gasteiger partial charge in [0.05, 0.1) is 5.69 Å². The van der Waals surface area contributed by atoms with Gasteiger partial charge in [0, 0.05) is 21.2 Å². The Bertz CT molecular complexity index is 1210. The molecule has 32 heavy (non-hydrogen) atoms. The number of anilines is 1. The summed E-state index contributed by atoms with van der Waals surface area (Å²) >= 11 is 12.3. The molecule has 1 amide bonds. The van der Waals surface area contributed by atoms with Gasteiger partial charge in [-0.15, -0.1) is 0 Å². The first-order valence-corrected chi connectivity index (χ1v) is 10.6. The van der Waals surface area contributed by atoms with Gasteiger partial charge < -0.3 is 14.8 Å². The van der Waals surface area contributed by atoms with Crippen LogP contribution in [0, 0.1) is 0 Å². The number of carbonyl (C=O) groups is 1. The molecule has 0 aliphatic heterocycles. The number of ether oxygens (including phenoxy) is 2. The van der Waals surface area contributed by atoms with Gasteiger partial charge in [-0.3, -0.25) is 4.79 Å². The van der Waals surface area contributed by atoms with Gasteiger partial charge in [-0.2, -0.15) is 0 Å². The average Bonchev–Trinajstić information content (AvgIpc) is 2.81. The Kier molecular flexibility index (Phi) is 6.95. The van der Waals surface area contributed by atoms with Crippen molar-refractivity contribution in [2.45, 2.75) is 6.61 Å². The summed E-state index contributed by atoms with van der Waals surface area (Å²) in [6.45, 7) is 0.341. The number of carbonyl (C=O) groups excluding carboxylic acids is 1. The van der Waals surface area contributed by atoms with Gasteiger partial charge in [0.25, 0.3) is 5.91 Å². The quantitative estimate of drug-likeness (QED) is 0.306. The molecular formula is C26H19Cl2NO3. The Morgan fingerprint density at radius 3 is 2.25 bits per heavy atom. The first kappa shape index (κ1) is 21.8. The number of rotatable bonds is 7. The molecule has 160 valence electrons. The fourth-order valence-corrected chi connectivity index (χ4v) is 3.34. The molecule has 0 aliphatic rings. The van der Waals surface area contributed by atoms with E-state index in [0.717, 1.165) is 5.56 Å². The normalized spacial score (nSPS) is 10.4. The van der Waals surface area contributed by atoms with Gasteiger partial charge >= 0.3 is 0 Å². The fourth-order valence-electron chi connectivity index (χ4n) is 2.98. The lowest BCUT2D eigenvalue weighted by atomic mass is 10.2. The van der Waals surface area contributed by atoms with Crippen molar-refractivity contribution in [2.24, 2.45) is 0 Å². The minimum Gasteiger partial charge on any atom is -0.489 e. The summed E-state index contributed by atoms with van der Waals surface area (Å²) in [5, 5.41) is 4.01. The molecule has 0 saturated carbocycles. The highest BCUT2D eigenvalue weighted by Gasteiger charge is 2.12. The second kappa shape index (κ2) is 10.2. The van der Waals surface area contributed by atoms with E-state index < -0.39 is 0 Å². The highest BCUT2D eigenvalue weighted by atomic mass is 35.5. The molecule has 6 heteroatoms. The maximum absolute atomic E-state index is 12.8.